The second-order valence-corrected chi connectivity index (χ2v) is 4.20. The number of nitrogens with one attached hydrogen (secondary N) is 2. The van der Waals surface area contributed by atoms with Gasteiger partial charge in [0.25, 0.3) is 0 Å². The van der Waals surface area contributed by atoms with E-state index in [1.807, 2.05) is 0 Å². The first-order valence-corrected chi connectivity index (χ1v) is 5.75. The van der Waals surface area contributed by atoms with E-state index in [-0.39, 0.29) is 11.8 Å². The van der Waals surface area contributed by atoms with Crippen molar-refractivity contribution in [3.63, 3.8) is 0 Å². The minimum Gasteiger partial charge on any atom is -0.353 e. The van der Waals surface area contributed by atoms with E-state index in [0.29, 0.717) is 6.04 Å². The monoisotopic (exact) mass is 198 g/mol. The first-order valence-electron chi connectivity index (χ1n) is 5.75. The minimum atomic E-state index is 0.235. The van der Waals surface area contributed by atoms with Gasteiger partial charge in [-0.1, -0.05) is 6.92 Å². The molecule has 1 heterocycles. The molecule has 0 spiro atoms. The van der Waals surface area contributed by atoms with Crippen molar-refractivity contribution in [2.45, 2.75) is 45.6 Å². The van der Waals surface area contributed by atoms with E-state index in [0.717, 1.165) is 38.8 Å². The van der Waals surface area contributed by atoms with Crippen molar-refractivity contribution in [2.75, 3.05) is 13.1 Å². The van der Waals surface area contributed by atoms with E-state index < -0.39 is 0 Å². The highest BCUT2D eigenvalue weighted by atomic mass is 16.1. The molecule has 3 heteroatoms. The van der Waals surface area contributed by atoms with Crippen molar-refractivity contribution >= 4 is 5.91 Å². The number of carbonyl (C=O) groups excluding carboxylic acids is 1. The zero-order valence-corrected chi connectivity index (χ0v) is 9.31. The second kappa shape index (κ2) is 6.02. The Labute approximate surface area is 86.6 Å². The maximum Gasteiger partial charge on any atom is 0.223 e. The number of hydrogen-bond acceptors (Lipinski definition) is 2. The molecule has 2 atom stereocenters. The van der Waals surface area contributed by atoms with Gasteiger partial charge in [-0.05, 0) is 45.7 Å². The Bertz CT molecular complexity index is 174. The lowest BCUT2D eigenvalue weighted by molar-refractivity contribution is -0.125. The van der Waals surface area contributed by atoms with Gasteiger partial charge in [0.15, 0.2) is 0 Å². The fourth-order valence-corrected chi connectivity index (χ4v) is 1.74. The van der Waals surface area contributed by atoms with Gasteiger partial charge in [-0.25, -0.2) is 0 Å². The van der Waals surface area contributed by atoms with Crippen LogP contribution in [0.15, 0.2) is 0 Å². The fourth-order valence-electron chi connectivity index (χ4n) is 1.74. The molecule has 1 rings (SSSR count). The molecule has 1 saturated heterocycles. The van der Waals surface area contributed by atoms with Crippen LogP contribution in [0.3, 0.4) is 0 Å². The Morgan fingerprint density at radius 2 is 2.29 bits per heavy atom. The van der Waals surface area contributed by atoms with Crippen LogP contribution in [0.2, 0.25) is 0 Å². The lowest BCUT2D eigenvalue weighted by atomic mass is 9.99. The van der Waals surface area contributed by atoms with Gasteiger partial charge >= 0.3 is 0 Å². The molecule has 0 aromatic heterocycles. The summed E-state index contributed by atoms with van der Waals surface area (Å²) in [6.45, 7) is 6.21. The lowest BCUT2D eigenvalue weighted by Crippen LogP contribution is -2.37. The van der Waals surface area contributed by atoms with Gasteiger partial charge in [-0.15, -0.1) is 0 Å². The lowest BCUT2D eigenvalue weighted by Gasteiger charge is -2.17. The third-order valence-electron chi connectivity index (χ3n) is 2.95. The number of rotatable bonds is 3. The predicted molar refractivity (Wildman–Crippen MR) is 58.1 cm³/mol. The van der Waals surface area contributed by atoms with Gasteiger partial charge in [0, 0.05) is 12.0 Å². The molecule has 0 aromatic carbocycles. The smallest absolute Gasteiger partial charge is 0.223 e. The molecule has 2 unspecified atom stereocenters. The molecule has 14 heavy (non-hydrogen) atoms. The molecular formula is C11H22N2O. The number of hydrogen-bond donors (Lipinski definition) is 2. The SMILES string of the molecule is CCC(C)NC(=O)C1CCCNCC1. The Kier molecular flexibility index (Phi) is 4.94. The molecule has 82 valence electrons. The first kappa shape index (κ1) is 11.5. The fraction of sp³-hybridized carbons (Fsp3) is 0.909. The van der Waals surface area contributed by atoms with Gasteiger partial charge in [0.2, 0.25) is 5.91 Å². The summed E-state index contributed by atoms with van der Waals surface area (Å²) in [6, 6.07) is 0.318. The molecule has 1 aliphatic heterocycles. The molecule has 2 N–H and O–H groups in total. The van der Waals surface area contributed by atoms with Crippen molar-refractivity contribution in [1.82, 2.24) is 10.6 Å². The summed E-state index contributed by atoms with van der Waals surface area (Å²) in [5.41, 5.74) is 0. The highest BCUT2D eigenvalue weighted by Gasteiger charge is 2.20. The third-order valence-corrected chi connectivity index (χ3v) is 2.95. The highest BCUT2D eigenvalue weighted by molar-refractivity contribution is 5.78. The van der Waals surface area contributed by atoms with Crippen molar-refractivity contribution in [3.05, 3.63) is 0 Å². The van der Waals surface area contributed by atoms with Gasteiger partial charge in [-0.2, -0.15) is 0 Å². The molecule has 0 bridgehead atoms. The molecule has 0 radical (unpaired) electrons. The summed E-state index contributed by atoms with van der Waals surface area (Å²) >= 11 is 0. The van der Waals surface area contributed by atoms with Gasteiger partial charge in [0.05, 0.1) is 0 Å². The van der Waals surface area contributed by atoms with E-state index >= 15 is 0 Å². The van der Waals surface area contributed by atoms with Crippen LogP contribution >= 0.6 is 0 Å². The van der Waals surface area contributed by atoms with E-state index in [1.54, 1.807) is 0 Å². The topological polar surface area (TPSA) is 41.1 Å². The van der Waals surface area contributed by atoms with Crippen LogP contribution in [0.4, 0.5) is 0 Å². The van der Waals surface area contributed by atoms with Gasteiger partial charge in [0.1, 0.15) is 0 Å². The summed E-state index contributed by atoms with van der Waals surface area (Å²) in [5, 5.41) is 6.38. The van der Waals surface area contributed by atoms with Gasteiger partial charge in [-0.3, -0.25) is 4.79 Å². The average molecular weight is 198 g/mol. The standard InChI is InChI=1S/C11H22N2O/c1-3-9(2)13-11(14)10-5-4-7-12-8-6-10/h9-10,12H,3-8H2,1-2H3,(H,13,14). The zero-order valence-electron chi connectivity index (χ0n) is 9.31. The van der Waals surface area contributed by atoms with Crippen molar-refractivity contribution in [3.8, 4) is 0 Å². The summed E-state index contributed by atoms with van der Waals surface area (Å²) in [4.78, 5) is 11.8. The molecule has 1 aliphatic rings. The quantitative estimate of drug-likeness (QED) is 0.717. The molecular weight excluding hydrogens is 176 g/mol. The number of amides is 1. The van der Waals surface area contributed by atoms with Gasteiger partial charge < -0.3 is 10.6 Å². The minimum absolute atomic E-state index is 0.235. The van der Waals surface area contributed by atoms with Crippen LogP contribution in [-0.2, 0) is 4.79 Å². The maximum absolute atomic E-state index is 11.8. The molecule has 3 nitrogen and oxygen atoms in total. The molecule has 0 aromatic rings. The molecule has 1 amide bonds. The highest BCUT2D eigenvalue weighted by Crippen LogP contribution is 2.13. The first-order chi connectivity index (χ1) is 6.74. The van der Waals surface area contributed by atoms with Crippen LogP contribution in [0.5, 0.6) is 0 Å². The van der Waals surface area contributed by atoms with Crippen LogP contribution in [0.25, 0.3) is 0 Å². The largest absolute Gasteiger partial charge is 0.353 e. The third kappa shape index (κ3) is 3.66. The van der Waals surface area contributed by atoms with E-state index in [1.165, 1.54) is 0 Å². The second-order valence-electron chi connectivity index (χ2n) is 4.20. The summed E-state index contributed by atoms with van der Waals surface area (Å²) in [7, 11) is 0. The Hall–Kier alpha value is -0.570. The van der Waals surface area contributed by atoms with Crippen molar-refractivity contribution in [1.29, 1.82) is 0 Å². The molecule has 0 saturated carbocycles. The van der Waals surface area contributed by atoms with Crippen LogP contribution in [0, 0.1) is 5.92 Å². The maximum atomic E-state index is 11.8. The summed E-state index contributed by atoms with van der Waals surface area (Å²) in [6.07, 6.45) is 4.16. The van der Waals surface area contributed by atoms with E-state index in [4.69, 9.17) is 0 Å². The Morgan fingerprint density at radius 3 is 3.00 bits per heavy atom. The number of carbonyl (C=O) groups is 1. The molecule has 0 aliphatic carbocycles. The normalized spacial score (nSPS) is 25.1. The summed E-state index contributed by atoms with van der Waals surface area (Å²) < 4.78 is 0. The van der Waals surface area contributed by atoms with E-state index in [9.17, 15) is 4.79 Å². The van der Waals surface area contributed by atoms with Crippen molar-refractivity contribution in [2.24, 2.45) is 5.92 Å². The summed E-state index contributed by atoms with van der Waals surface area (Å²) in [5.74, 6) is 0.488. The Balaban J connectivity index is 2.34. The van der Waals surface area contributed by atoms with Crippen LogP contribution < -0.4 is 10.6 Å². The zero-order chi connectivity index (χ0) is 10.4. The predicted octanol–water partition coefficient (Wildman–Crippen LogP) is 1.29. The average Bonchev–Trinajstić information content (AvgIpc) is 2.45. The Morgan fingerprint density at radius 1 is 1.50 bits per heavy atom. The molecule has 1 fully saturated rings. The van der Waals surface area contributed by atoms with Crippen LogP contribution in [0.1, 0.15) is 39.5 Å². The van der Waals surface area contributed by atoms with Crippen molar-refractivity contribution < 1.29 is 4.79 Å². The van der Waals surface area contributed by atoms with E-state index in [2.05, 4.69) is 24.5 Å². The van der Waals surface area contributed by atoms with Crippen LogP contribution in [-0.4, -0.2) is 25.0 Å².